The van der Waals surface area contributed by atoms with Crippen LogP contribution in [0.3, 0.4) is 0 Å². The van der Waals surface area contributed by atoms with E-state index in [4.69, 9.17) is 16.2 Å². The first-order chi connectivity index (χ1) is 15.7. The number of rotatable bonds is 6. The van der Waals surface area contributed by atoms with Crippen molar-refractivity contribution in [3.63, 3.8) is 0 Å². The summed E-state index contributed by atoms with van der Waals surface area (Å²) in [7, 11) is 0. The molecule has 12 heteroatoms. The number of aromatic nitrogens is 4. The smallest absolute Gasteiger partial charge is 0.333 e. The molecule has 1 amide bonds. The number of nitrogen functional groups attached to an aromatic ring is 1. The zero-order chi connectivity index (χ0) is 23.1. The van der Waals surface area contributed by atoms with E-state index in [2.05, 4.69) is 15.1 Å². The van der Waals surface area contributed by atoms with E-state index in [9.17, 15) is 14.9 Å². The van der Waals surface area contributed by atoms with E-state index in [0.29, 0.717) is 50.0 Å². The maximum atomic E-state index is 11.8. The van der Waals surface area contributed by atoms with Gasteiger partial charge in [0, 0.05) is 23.7 Å². The maximum absolute atomic E-state index is 11.8. The molecule has 2 bridgehead atoms. The fraction of sp³-hybridized carbons (Fsp3) is 0.619. The summed E-state index contributed by atoms with van der Waals surface area (Å²) in [6.45, 7) is 2.98. The summed E-state index contributed by atoms with van der Waals surface area (Å²) in [5.74, 6) is -0.165. The Labute approximate surface area is 189 Å². The normalized spacial score (nSPS) is 32.7. The number of amides is 1. The van der Waals surface area contributed by atoms with Gasteiger partial charge in [-0.2, -0.15) is 10.1 Å². The molecule has 0 radical (unpaired) electrons. The quantitative estimate of drug-likeness (QED) is 0.483. The van der Waals surface area contributed by atoms with Gasteiger partial charge in [0.05, 0.1) is 35.2 Å². The molecule has 12 nitrogen and oxygen atoms in total. The third-order valence-electron chi connectivity index (χ3n) is 7.59. The molecule has 1 aliphatic heterocycles. The summed E-state index contributed by atoms with van der Waals surface area (Å²) in [6, 6.07) is 0.480. The number of primary amides is 1. The van der Waals surface area contributed by atoms with Crippen LogP contribution in [0.1, 0.15) is 62.4 Å². The van der Waals surface area contributed by atoms with Gasteiger partial charge in [-0.25, -0.2) is 4.98 Å². The fourth-order valence-electron chi connectivity index (χ4n) is 5.81. The van der Waals surface area contributed by atoms with Gasteiger partial charge in [-0.3, -0.25) is 19.6 Å². The van der Waals surface area contributed by atoms with Gasteiger partial charge in [-0.1, -0.05) is 0 Å². The molecule has 3 heterocycles. The van der Waals surface area contributed by atoms with Crippen molar-refractivity contribution in [1.82, 2.24) is 19.7 Å². The lowest BCUT2D eigenvalue weighted by Gasteiger charge is -2.68. The second-order valence-electron chi connectivity index (χ2n) is 10.1. The van der Waals surface area contributed by atoms with Crippen molar-refractivity contribution in [3.8, 4) is 0 Å². The number of hydrogen-bond donors (Lipinski definition) is 2. The largest absolute Gasteiger partial charge is 0.378 e. The number of nitro groups is 1. The summed E-state index contributed by atoms with van der Waals surface area (Å²) in [6.07, 6.45) is 7.22. The molecule has 5 fully saturated rings. The SMILES string of the molecule is C[C@@H]1CN(c2nc(N)c([N+](=O)[O-])c(C34CC(C(N)=O)(C3)C4)n2)C[C@H](c2cnn(C3CC3)c2)O1. The molecule has 0 spiro atoms. The fourth-order valence-corrected chi connectivity index (χ4v) is 5.81. The predicted molar refractivity (Wildman–Crippen MR) is 116 cm³/mol. The minimum absolute atomic E-state index is 0.107. The van der Waals surface area contributed by atoms with Crippen LogP contribution < -0.4 is 16.4 Å². The van der Waals surface area contributed by atoms with Crippen molar-refractivity contribution >= 4 is 23.4 Å². The van der Waals surface area contributed by atoms with Crippen molar-refractivity contribution in [2.24, 2.45) is 11.1 Å². The number of carbonyl (C=O) groups excluding carboxylic acids is 1. The second-order valence-corrected chi connectivity index (χ2v) is 10.1. The van der Waals surface area contributed by atoms with Crippen LogP contribution in [0.5, 0.6) is 0 Å². The zero-order valence-electron chi connectivity index (χ0n) is 18.3. The number of morpholine rings is 1. The lowest BCUT2D eigenvalue weighted by atomic mass is 9.34. The molecule has 33 heavy (non-hydrogen) atoms. The Morgan fingerprint density at radius 3 is 2.64 bits per heavy atom. The average Bonchev–Trinajstić information content (AvgIpc) is 3.41. The third kappa shape index (κ3) is 3.00. The Hall–Kier alpha value is -3.28. The Bertz CT molecular complexity index is 1160. The van der Waals surface area contributed by atoms with Gasteiger partial charge in [0.2, 0.25) is 17.7 Å². The summed E-state index contributed by atoms with van der Waals surface area (Å²) < 4.78 is 8.15. The molecule has 2 aromatic rings. The monoisotopic (exact) mass is 454 g/mol. The summed E-state index contributed by atoms with van der Waals surface area (Å²) in [5.41, 5.74) is 11.6. The Morgan fingerprint density at radius 1 is 1.27 bits per heavy atom. The standard InChI is InChI=1S/C21H26N8O4/c1-11-5-27(7-14(33-11)12-4-24-28(6-12)13-2-3-13)19-25-16(15(29(31)32)17(22)26-19)20-8-21(9-20,10-20)18(23)30/h4,6,11,13-14H,2-3,5,7-10H2,1H3,(H2,23,30)(H2,22,25,26)/t11-,14-,20?,21?/m1/s1. The van der Waals surface area contributed by atoms with Gasteiger partial charge in [-0.05, 0) is 39.0 Å². The van der Waals surface area contributed by atoms with Gasteiger partial charge in [0.25, 0.3) is 0 Å². The molecule has 1 saturated heterocycles. The van der Waals surface area contributed by atoms with Gasteiger partial charge in [-0.15, -0.1) is 0 Å². The van der Waals surface area contributed by atoms with E-state index in [1.807, 2.05) is 28.9 Å². The minimum Gasteiger partial charge on any atom is -0.378 e. The van der Waals surface area contributed by atoms with Crippen LogP contribution in [0.15, 0.2) is 12.4 Å². The lowest BCUT2D eigenvalue weighted by molar-refractivity contribution is -0.386. The Morgan fingerprint density at radius 2 is 2.00 bits per heavy atom. The van der Waals surface area contributed by atoms with Crippen molar-refractivity contribution in [1.29, 1.82) is 0 Å². The number of nitrogens with zero attached hydrogens (tertiary/aromatic N) is 6. The summed E-state index contributed by atoms with van der Waals surface area (Å²) >= 11 is 0. The van der Waals surface area contributed by atoms with E-state index >= 15 is 0 Å². The van der Waals surface area contributed by atoms with Crippen LogP contribution in [-0.4, -0.2) is 49.8 Å². The molecule has 4 aliphatic carbocycles. The lowest BCUT2D eigenvalue weighted by Crippen LogP contribution is -2.69. The van der Waals surface area contributed by atoms with Crippen molar-refractivity contribution in [2.45, 2.75) is 62.7 Å². The summed E-state index contributed by atoms with van der Waals surface area (Å²) in [4.78, 5) is 34.0. The van der Waals surface area contributed by atoms with Crippen LogP contribution >= 0.6 is 0 Å². The minimum atomic E-state index is -0.561. The van der Waals surface area contributed by atoms with Crippen LogP contribution in [0.25, 0.3) is 0 Å². The average molecular weight is 454 g/mol. The van der Waals surface area contributed by atoms with Crippen LogP contribution in [0.4, 0.5) is 17.5 Å². The van der Waals surface area contributed by atoms with E-state index < -0.39 is 15.8 Å². The van der Waals surface area contributed by atoms with Gasteiger partial charge < -0.3 is 21.1 Å². The highest BCUT2D eigenvalue weighted by Crippen LogP contribution is 2.74. The summed E-state index contributed by atoms with van der Waals surface area (Å²) in [5, 5.41) is 16.3. The molecular weight excluding hydrogens is 428 g/mol. The van der Waals surface area contributed by atoms with Gasteiger partial charge in [0.1, 0.15) is 11.8 Å². The number of anilines is 2. The highest BCUT2D eigenvalue weighted by atomic mass is 16.6. The molecule has 7 rings (SSSR count). The first-order valence-electron chi connectivity index (χ1n) is 11.3. The van der Waals surface area contributed by atoms with E-state index in [1.54, 1.807) is 0 Å². The first-order valence-corrected chi connectivity index (χ1v) is 11.3. The van der Waals surface area contributed by atoms with Crippen molar-refractivity contribution in [3.05, 3.63) is 33.8 Å². The molecular formula is C21H26N8O4. The first kappa shape index (κ1) is 20.3. The van der Waals surface area contributed by atoms with E-state index in [0.717, 1.165) is 18.4 Å². The van der Waals surface area contributed by atoms with Crippen LogP contribution in [0, 0.1) is 15.5 Å². The molecule has 4 saturated carbocycles. The van der Waals surface area contributed by atoms with Gasteiger partial charge in [0.15, 0.2) is 0 Å². The number of nitrogens with two attached hydrogens (primary N) is 2. The van der Waals surface area contributed by atoms with E-state index in [1.165, 1.54) is 0 Å². The predicted octanol–water partition coefficient (Wildman–Crippen LogP) is 1.37. The Balaban J connectivity index is 1.31. The zero-order valence-corrected chi connectivity index (χ0v) is 18.3. The second kappa shape index (κ2) is 6.62. The highest BCUT2D eigenvalue weighted by Gasteiger charge is 2.73. The topological polar surface area (TPSA) is 168 Å². The molecule has 2 atom stereocenters. The molecule has 0 unspecified atom stereocenters. The Kier molecular flexibility index (Phi) is 4.08. The van der Waals surface area contributed by atoms with Crippen molar-refractivity contribution < 1.29 is 14.5 Å². The molecule has 4 N–H and O–H groups in total. The third-order valence-corrected chi connectivity index (χ3v) is 7.59. The number of carbonyl (C=O) groups is 1. The molecule has 0 aromatic carbocycles. The van der Waals surface area contributed by atoms with E-state index in [-0.39, 0.29) is 29.6 Å². The molecule has 5 aliphatic rings. The van der Waals surface area contributed by atoms with Crippen molar-refractivity contribution in [2.75, 3.05) is 23.7 Å². The number of ether oxygens (including phenoxy) is 1. The van der Waals surface area contributed by atoms with Crippen LogP contribution in [-0.2, 0) is 14.9 Å². The van der Waals surface area contributed by atoms with Crippen LogP contribution in [0.2, 0.25) is 0 Å². The molecule has 174 valence electrons. The number of hydrogen-bond acceptors (Lipinski definition) is 9. The highest BCUT2D eigenvalue weighted by molar-refractivity contribution is 5.86. The maximum Gasteiger partial charge on any atom is 0.333 e. The molecule has 2 aromatic heterocycles. The van der Waals surface area contributed by atoms with Gasteiger partial charge >= 0.3 is 5.69 Å².